The molecular weight excluding hydrogens is 222 g/mol. The SMILES string of the molecule is Cc1nc(Cl)c(C)c(NCCC(C)(C)C)n1. The van der Waals surface area contributed by atoms with Gasteiger partial charge >= 0.3 is 0 Å². The Morgan fingerprint density at radius 1 is 1.19 bits per heavy atom. The molecule has 0 radical (unpaired) electrons. The van der Waals surface area contributed by atoms with Crippen LogP contribution in [0.15, 0.2) is 0 Å². The molecule has 1 heterocycles. The van der Waals surface area contributed by atoms with Crippen molar-refractivity contribution in [2.24, 2.45) is 5.41 Å². The van der Waals surface area contributed by atoms with Gasteiger partial charge in [0.25, 0.3) is 0 Å². The smallest absolute Gasteiger partial charge is 0.137 e. The molecular formula is C12H20ClN3. The van der Waals surface area contributed by atoms with Gasteiger partial charge in [-0.2, -0.15) is 0 Å². The molecule has 0 aromatic carbocycles. The third-order valence-corrected chi connectivity index (χ3v) is 2.73. The number of nitrogens with one attached hydrogen (secondary N) is 1. The second kappa shape index (κ2) is 5.00. The number of aryl methyl sites for hydroxylation is 1. The van der Waals surface area contributed by atoms with E-state index in [-0.39, 0.29) is 0 Å². The summed E-state index contributed by atoms with van der Waals surface area (Å²) in [4.78, 5) is 8.45. The quantitative estimate of drug-likeness (QED) is 0.822. The number of anilines is 1. The molecule has 0 aliphatic carbocycles. The summed E-state index contributed by atoms with van der Waals surface area (Å²) < 4.78 is 0. The topological polar surface area (TPSA) is 37.8 Å². The van der Waals surface area contributed by atoms with E-state index >= 15 is 0 Å². The Kier molecular flexibility index (Phi) is 4.14. The summed E-state index contributed by atoms with van der Waals surface area (Å²) in [6, 6.07) is 0. The summed E-state index contributed by atoms with van der Waals surface area (Å²) in [5.41, 5.74) is 1.24. The molecule has 0 saturated carbocycles. The van der Waals surface area contributed by atoms with Gasteiger partial charge in [0.05, 0.1) is 0 Å². The van der Waals surface area contributed by atoms with E-state index in [0.717, 1.165) is 24.3 Å². The van der Waals surface area contributed by atoms with Gasteiger partial charge in [0.1, 0.15) is 16.8 Å². The van der Waals surface area contributed by atoms with E-state index in [4.69, 9.17) is 11.6 Å². The molecule has 0 unspecified atom stereocenters. The first-order chi connectivity index (χ1) is 7.29. The summed E-state index contributed by atoms with van der Waals surface area (Å²) in [6.45, 7) is 11.3. The zero-order valence-corrected chi connectivity index (χ0v) is 11.4. The van der Waals surface area contributed by atoms with E-state index in [0.29, 0.717) is 16.4 Å². The zero-order valence-electron chi connectivity index (χ0n) is 10.7. The highest BCUT2D eigenvalue weighted by atomic mass is 35.5. The molecule has 1 aromatic rings. The predicted molar refractivity (Wildman–Crippen MR) is 69.1 cm³/mol. The number of hydrogen-bond donors (Lipinski definition) is 1. The van der Waals surface area contributed by atoms with E-state index in [2.05, 4.69) is 36.1 Å². The van der Waals surface area contributed by atoms with Gasteiger partial charge < -0.3 is 5.32 Å². The summed E-state index contributed by atoms with van der Waals surface area (Å²) in [7, 11) is 0. The second-order valence-corrected chi connectivity index (χ2v) is 5.63. The van der Waals surface area contributed by atoms with Crippen LogP contribution in [-0.2, 0) is 0 Å². The van der Waals surface area contributed by atoms with Crippen LogP contribution in [0.2, 0.25) is 5.15 Å². The minimum Gasteiger partial charge on any atom is -0.370 e. The molecule has 1 N–H and O–H groups in total. The molecule has 0 amide bonds. The van der Waals surface area contributed by atoms with E-state index in [1.54, 1.807) is 0 Å². The Morgan fingerprint density at radius 2 is 1.81 bits per heavy atom. The lowest BCUT2D eigenvalue weighted by molar-refractivity contribution is 0.389. The van der Waals surface area contributed by atoms with Crippen molar-refractivity contribution in [3.63, 3.8) is 0 Å². The monoisotopic (exact) mass is 241 g/mol. The first kappa shape index (κ1) is 13.2. The standard InChI is InChI=1S/C12H20ClN3/c1-8-10(13)15-9(2)16-11(8)14-7-6-12(3,4)5/h6-7H2,1-5H3,(H,14,15,16). The summed E-state index contributed by atoms with van der Waals surface area (Å²) in [5.74, 6) is 1.55. The molecule has 0 atom stereocenters. The molecule has 0 saturated heterocycles. The fourth-order valence-corrected chi connectivity index (χ4v) is 1.53. The van der Waals surface area contributed by atoms with Gasteiger partial charge in [0.2, 0.25) is 0 Å². The fourth-order valence-electron chi connectivity index (χ4n) is 1.32. The second-order valence-electron chi connectivity index (χ2n) is 5.27. The maximum atomic E-state index is 6.00. The maximum Gasteiger partial charge on any atom is 0.137 e. The van der Waals surface area contributed by atoms with Crippen LogP contribution in [0.3, 0.4) is 0 Å². The van der Waals surface area contributed by atoms with Crippen LogP contribution in [0, 0.1) is 19.3 Å². The molecule has 0 aliphatic heterocycles. The molecule has 3 nitrogen and oxygen atoms in total. The van der Waals surface area contributed by atoms with Crippen LogP contribution in [0.5, 0.6) is 0 Å². The van der Waals surface area contributed by atoms with Gasteiger partial charge in [-0.05, 0) is 25.7 Å². The van der Waals surface area contributed by atoms with Crippen LogP contribution >= 0.6 is 11.6 Å². The molecule has 0 bridgehead atoms. The number of nitrogens with zero attached hydrogens (tertiary/aromatic N) is 2. The van der Waals surface area contributed by atoms with E-state index < -0.39 is 0 Å². The molecule has 90 valence electrons. The maximum absolute atomic E-state index is 6.00. The lowest BCUT2D eigenvalue weighted by Gasteiger charge is -2.19. The minimum atomic E-state index is 0.326. The van der Waals surface area contributed by atoms with Gasteiger partial charge in [-0.3, -0.25) is 0 Å². The molecule has 4 heteroatoms. The van der Waals surface area contributed by atoms with Crippen molar-refractivity contribution < 1.29 is 0 Å². The van der Waals surface area contributed by atoms with Crippen molar-refractivity contribution in [1.29, 1.82) is 0 Å². The van der Waals surface area contributed by atoms with Crippen LogP contribution in [0.1, 0.15) is 38.6 Å². The molecule has 0 spiro atoms. The third-order valence-electron chi connectivity index (χ3n) is 2.37. The highest BCUT2D eigenvalue weighted by Gasteiger charge is 2.11. The van der Waals surface area contributed by atoms with Crippen molar-refractivity contribution in [1.82, 2.24) is 9.97 Å². The van der Waals surface area contributed by atoms with Crippen LogP contribution in [-0.4, -0.2) is 16.5 Å². The van der Waals surface area contributed by atoms with E-state index in [9.17, 15) is 0 Å². The molecule has 16 heavy (non-hydrogen) atoms. The zero-order chi connectivity index (χ0) is 12.3. The first-order valence-electron chi connectivity index (χ1n) is 5.54. The number of rotatable bonds is 3. The number of aromatic nitrogens is 2. The Bertz CT molecular complexity index is 369. The lowest BCUT2D eigenvalue weighted by Crippen LogP contribution is -2.14. The summed E-state index contributed by atoms with van der Waals surface area (Å²) in [5, 5.41) is 3.85. The number of hydrogen-bond acceptors (Lipinski definition) is 3. The Labute approximate surface area is 103 Å². The Balaban J connectivity index is 2.67. The fraction of sp³-hybridized carbons (Fsp3) is 0.667. The first-order valence-corrected chi connectivity index (χ1v) is 5.92. The average molecular weight is 242 g/mol. The van der Waals surface area contributed by atoms with Gasteiger partial charge in [0, 0.05) is 12.1 Å². The van der Waals surface area contributed by atoms with Crippen molar-refractivity contribution in [2.75, 3.05) is 11.9 Å². The highest BCUT2D eigenvalue weighted by Crippen LogP contribution is 2.21. The van der Waals surface area contributed by atoms with Gasteiger partial charge in [0.15, 0.2) is 0 Å². The van der Waals surface area contributed by atoms with Crippen molar-refractivity contribution >= 4 is 17.4 Å². The normalized spacial score (nSPS) is 11.6. The van der Waals surface area contributed by atoms with Gasteiger partial charge in [-0.15, -0.1) is 0 Å². The van der Waals surface area contributed by atoms with Crippen molar-refractivity contribution in [2.45, 2.75) is 41.0 Å². The van der Waals surface area contributed by atoms with Crippen LogP contribution in [0.25, 0.3) is 0 Å². The molecule has 0 aliphatic rings. The molecule has 1 rings (SSSR count). The van der Waals surface area contributed by atoms with Gasteiger partial charge in [-0.25, -0.2) is 9.97 Å². The Hall–Kier alpha value is -0.830. The van der Waals surface area contributed by atoms with E-state index in [1.165, 1.54) is 0 Å². The summed E-state index contributed by atoms with van der Waals surface area (Å²) >= 11 is 6.00. The molecule has 1 aromatic heterocycles. The van der Waals surface area contributed by atoms with E-state index in [1.807, 2.05) is 13.8 Å². The van der Waals surface area contributed by atoms with Crippen LogP contribution < -0.4 is 5.32 Å². The van der Waals surface area contributed by atoms with Crippen LogP contribution in [0.4, 0.5) is 5.82 Å². The van der Waals surface area contributed by atoms with Crippen molar-refractivity contribution in [3.05, 3.63) is 16.5 Å². The average Bonchev–Trinajstić information content (AvgIpc) is 2.11. The minimum absolute atomic E-state index is 0.326. The largest absolute Gasteiger partial charge is 0.370 e. The third kappa shape index (κ3) is 3.97. The summed E-state index contributed by atoms with van der Waals surface area (Å²) in [6.07, 6.45) is 1.09. The predicted octanol–water partition coefficient (Wildman–Crippen LogP) is 3.59. The number of halogens is 1. The molecule has 0 fully saturated rings. The lowest BCUT2D eigenvalue weighted by atomic mass is 9.92. The van der Waals surface area contributed by atoms with Gasteiger partial charge in [-0.1, -0.05) is 32.4 Å². The Morgan fingerprint density at radius 3 is 2.38 bits per heavy atom. The highest BCUT2D eigenvalue weighted by molar-refractivity contribution is 6.30. The van der Waals surface area contributed by atoms with Crippen molar-refractivity contribution in [3.8, 4) is 0 Å².